The molecule has 0 aliphatic carbocycles. The zero-order valence-corrected chi connectivity index (χ0v) is 13.2. The molecule has 0 aromatic heterocycles. The summed E-state index contributed by atoms with van der Waals surface area (Å²) in [5.74, 6) is -0.499. The number of nitrogens with one attached hydrogen (secondary N) is 1. The van der Waals surface area contributed by atoms with Gasteiger partial charge in [-0.25, -0.2) is 0 Å². The predicted molar refractivity (Wildman–Crippen MR) is 84.9 cm³/mol. The van der Waals surface area contributed by atoms with E-state index in [-0.39, 0.29) is 16.3 Å². The summed E-state index contributed by atoms with van der Waals surface area (Å²) in [4.78, 5) is 22.4. The lowest BCUT2D eigenvalue weighted by atomic mass is 10.1. The number of rotatable bonds is 3. The van der Waals surface area contributed by atoms with Gasteiger partial charge in [-0.15, -0.1) is 0 Å². The molecule has 0 unspecified atom stereocenters. The van der Waals surface area contributed by atoms with Crippen LogP contribution in [0.4, 0.5) is 11.4 Å². The smallest absolute Gasteiger partial charge is 0.288 e. The molecule has 0 bridgehead atoms. The van der Waals surface area contributed by atoms with Gasteiger partial charge in [0.2, 0.25) is 0 Å². The first-order valence-corrected chi connectivity index (χ1v) is 7.07. The van der Waals surface area contributed by atoms with E-state index in [1.165, 1.54) is 18.2 Å². The molecule has 0 heterocycles. The Morgan fingerprint density at radius 2 is 2.05 bits per heavy atom. The van der Waals surface area contributed by atoms with Gasteiger partial charge >= 0.3 is 0 Å². The molecular formula is C14H10BrClN2O3. The van der Waals surface area contributed by atoms with E-state index < -0.39 is 10.8 Å². The van der Waals surface area contributed by atoms with Gasteiger partial charge in [0, 0.05) is 16.2 Å². The molecule has 2 aromatic rings. The van der Waals surface area contributed by atoms with Gasteiger partial charge in [-0.1, -0.05) is 33.6 Å². The van der Waals surface area contributed by atoms with Crippen LogP contribution >= 0.6 is 27.5 Å². The quantitative estimate of drug-likeness (QED) is 0.636. The van der Waals surface area contributed by atoms with Crippen molar-refractivity contribution >= 4 is 44.8 Å². The lowest BCUT2D eigenvalue weighted by molar-refractivity contribution is -0.384. The number of hydrogen-bond acceptors (Lipinski definition) is 3. The van der Waals surface area contributed by atoms with Crippen LogP contribution in [0.15, 0.2) is 40.9 Å². The van der Waals surface area contributed by atoms with Gasteiger partial charge in [-0.3, -0.25) is 14.9 Å². The normalized spacial score (nSPS) is 10.2. The molecule has 1 N–H and O–H groups in total. The molecule has 0 saturated heterocycles. The Kier molecular flexibility index (Phi) is 4.59. The Morgan fingerprint density at radius 3 is 2.67 bits per heavy atom. The lowest BCUT2D eigenvalue weighted by Gasteiger charge is -2.08. The van der Waals surface area contributed by atoms with Crippen LogP contribution in [0.5, 0.6) is 0 Å². The molecule has 0 fully saturated rings. The summed E-state index contributed by atoms with van der Waals surface area (Å²) in [5, 5.41) is 13.3. The molecule has 0 spiro atoms. The van der Waals surface area contributed by atoms with Crippen LogP contribution in [0.25, 0.3) is 0 Å². The van der Waals surface area contributed by atoms with Crippen LogP contribution < -0.4 is 5.32 Å². The van der Waals surface area contributed by atoms with E-state index in [4.69, 9.17) is 11.6 Å². The number of benzene rings is 2. The summed E-state index contributed by atoms with van der Waals surface area (Å²) in [5.41, 5.74) is 1.30. The Labute approximate surface area is 134 Å². The number of carbonyl (C=O) groups is 1. The van der Waals surface area contributed by atoms with Crippen molar-refractivity contribution in [2.24, 2.45) is 0 Å². The topological polar surface area (TPSA) is 72.2 Å². The van der Waals surface area contributed by atoms with E-state index in [1.807, 2.05) is 13.0 Å². The number of halogens is 2. The van der Waals surface area contributed by atoms with Gasteiger partial charge in [0.1, 0.15) is 5.02 Å². The number of amides is 1. The first kappa shape index (κ1) is 15.5. The Morgan fingerprint density at radius 1 is 1.33 bits per heavy atom. The summed E-state index contributed by atoms with van der Waals surface area (Å²) in [6, 6.07) is 9.53. The second kappa shape index (κ2) is 6.24. The molecule has 0 aliphatic heterocycles. The van der Waals surface area contributed by atoms with Crippen LogP contribution in [0, 0.1) is 17.0 Å². The molecular weight excluding hydrogens is 360 g/mol. The van der Waals surface area contributed by atoms with Crippen molar-refractivity contribution in [1.82, 2.24) is 0 Å². The Hall–Kier alpha value is -1.92. The largest absolute Gasteiger partial charge is 0.322 e. The van der Waals surface area contributed by atoms with Crippen molar-refractivity contribution in [1.29, 1.82) is 0 Å². The summed E-state index contributed by atoms with van der Waals surface area (Å²) in [7, 11) is 0. The molecule has 5 nitrogen and oxygen atoms in total. The van der Waals surface area contributed by atoms with Crippen molar-refractivity contribution in [3.63, 3.8) is 0 Å². The average Bonchev–Trinajstić information content (AvgIpc) is 2.37. The van der Waals surface area contributed by atoms with Crippen LogP contribution in [0.2, 0.25) is 5.02 Å². The summed E-state index contributed by atoms with van der Waals surface area (Å²) in [6.07, 6.45) is 0. The highest BCUT2D eigenvalue weighted by atomic mass is 79.9. The van der Waals surface area contributed by atoms with Crippen molar-refractivity contribution in [2.75, 3.05) is 5.32 Å². The van der Waals surface area contributed by atoms with Gasteiger partial charge in [-0.05, 0) is 36.8 Å². The molecule has 2 aromatic carbocycles. The van der Waals surface area contributed by atoms with Crippen LogP contribution in [-0.2, 0) is 0 Å². The fourth-order valence-electron chi connectivity index (χ4n) is 1.84. The SMILES string of the molecule is Cc1cc(Br)cc(NC(=O)c2cccc([N+](=O)[O-])c2Cl)c1. The summed E-state index contributed by atoms with van der Waals surface area (Å²) >= 11 is 9.25. The maximum atomic E-state index is 12.2. The third-order valence-corrected chi connectivity index (χ3v) is 3.57. The second-order valence-electron chi connectivity index (χ2n) is 4.37. The standard InChI is InChI=1S/C14H10BrClN2O3/c1-8-5-9(15)7-10(6-8)17-14(19)11-3-2-4-12(13(11)16)18(20)21/h2-7H,1H3,(H,17,19). The highest BCUT2D eigenvalue weighted by Crippen LogP contribution is 2.28. The minimum Gasteiger partial charge on any atom is -0.322 e. The highest BCUT2D eigenvalue weighted by Gasteiger charge is 2.20. The number of aryl methyl sites for hydroxylation is 1. The molecule has 0 aliphatic rings. The monoisotopic (exact) mass is 368 g/mol. The lowest BCUT2D eigenvalue weighted by Crippen LogP contribution is -2.13. The minimum atomic E-state index is -0.623. The highest BCUT2D eigenvalue weighted by molar-refractivity contribution is 9.10. The molecule has 7 heteroatoms. The molecule has 0 radical (unpaired) electrons. The molecule has 0 atom stereocenters. The Bertz CT molecular complexity index is 714. The van der Waals surface area contributed by atoms with E-state index in [0.717, 1.165) is 10.0 Å². The van der Waals surface area contributed by atoms with Gasteiger partial charge in [0.05, 0.1) is 10.5 Å². The Balaban J connectivity index is 2.33. The van der Waals surface area contributed by atoms with Crippen molar-refractivity contribution in [3.8, 4) is 0 Å². The predicted octanol–water partition coefficient (Wildman–Crippen LogP) is 4.57. The second-order valence-corrected chi connectivity index (χ2v) is 5.66. The van der Waals surface area contributed by atoms with E-state index in [9.17, 15) is 14.9 Å². The zero-order chi connectivity index (χ0) is 15.6. The van der Waals surface area contributed by atoms with Crippen LogP contribution in [0.3, 0.4) is 0 Å². The molecule has 108 valence electrons. The van der Waals surface area contributed by atoms with E-state index in [0.29, 0.717) is 5.69 Å². The first-order chi connectivity index (χ1) is 9.88. The van der Waals surface area contributed by atoms with Crippen molar-refractivity contribution in [2.45, 2.75) is 6.92 Å². The number of anilines is 1. The van der Waals surface area contributed by atoms with Crippen LogP contribution in [-0.4, -0.2) is 10.8 Å². The maximum absolute atomic E-state index is 12.2. The number of carbonyl (C=O) groups excluding carboxylic acids is 1. The van der Waals surface area contributed by atoms with E-state index in [2.05, 4.69) is 21.2 Å². The maximum Gasteiger partial charge on any atom is 0.288 e. The minimum absolute atomic E-state index is 0.0588. The fraction of sp³-hybridized carbons (Fsp3) is 0.0714. The van der Waals surface area contributed by atoms with E-state index >= 15 is 0 Å². The molecule has 2 rings (SSSR count). The molecule has 0 saturated carbocycles. The third-order valence-electron chi connectivity index (χ3n) is 2.72. The average molecular weight is 370 g/mol. The van der Waals surface area contributed by atoms with Gasteiger partial charge in [-0.2, -0.15) is 0 Å². The molecule has 21 heavy (non-hydrogen) atoms. The van der Waals surface area contributed by atoms with Gasteiger partial charge < -0.3 is 5.32 Å². The summed E-state index contributed by atoms with van der Waals surface area (Å²) < 4.78 is 0.822. The van der Waals surface area contributed by atoms with Gasteiger partial charge in [0.15, 0.2) is 0 Å². The first-order valence-electron chi connectivity index (χ1n) is 5.90. The third kappa shape index (κ3) is 3.59. The number of hydrogen-bond donors (Lipinski definition) is 1. The number of nitrogens with zero attached hydrogens (tertiary/aromatic N) is 1. The van der Waals surface area contributed by atoms with Crippen molar-refractivity contribution < 1.29 is 9.72 Å². The zero-order valence-electron chi connectivity index (χ0n) is 10.9. The van der Waals surface area contributed by atoms with Gasteiger partial charge in [0.25, 0.3) is 11.6 Å². The van der Waals surface area contributed by atoms with Crippen molar-refractivity contribution in [3.05, 3.63) is 67.1 Å². The summed E-state index contributed by atoms with van der Waals surface area (Å²) in [6.45, 7) is 1.89. The van der Waals surface area contributed by atoms with Crippen LogP contribution in [0.1, 0.15) is 15.9 Å². The number of nitro benzene ring substituents is 1. The molecule has 1 amide bonds. The fourth-order valence-corrected chi connectivity index (χ4v) is 2.73. The van der Waals surface area contributed by atoms with E-state index in [1.54, 1.807) is 12.1 Å². The number of nitro groups is 1.